The van der Waals surface area contributed by atoms with Crippen LogP contribution in [0.4, 0.5) is 13.2 Å². The van der Waals surface area contributed by atoms with Crippen LogP contribution in [-0.4, -0.2) is 45.6 Å². The van der Waals surface area contributed by atoms with E-state index in [1.165, 1.54) is 12.1 Å². The van der Waals surface area contributed by atoms with Crippen LogP contribution in [0, 0.1) is 0 Å². The lowest BCUT2D eigenvalue weighted by molar-refractivity contribution is -0.134. The molecule has 1 saturated heterocycles. The van der Waals surface area contributed by atoms with Gasteiger partial charge in [0.25, 0.3) is 5.91 Å². The van der Waals surface area contributed by atoms with E-state index in [4.69, 9.17) is 10.5 Å². The second-order valence-corrected chi connectivity index (χ2v) is 9.17. The zero-order valence-electron chi connectivity index (χ0n) is 18.4. The van der Waals surface area contributed by atoms with Gasteiger partial charge in [0.05, 0.1) is 24.5 Å². The lowest BCUT2D eigenvalue weighted by atomic mass is 10.2. The van der Waals surface area contributed by atoms with Gasteiger partial charge < -0.3 is 25.0 Å². The molecule has 11 heteroatoms. The molecule has 0 aliphatic carbocycles. The maximum atomic E-state index is 12.6. The lowest BCUT2D eigenvalue weighted by Gasteiger charge is -2.24. The van der Waals surface area contributed by atoms with Crippen LogP contribution in [0.15, 0.2) is 18.2 Å². The number of hydrogen-bond donors (Lipinski definition) is 1. The number of alkyl halides is 3. The molecule has 2 aliphatic heterocycles. The summed E-state index contributed by atoms with van der Waals surface area (Å²) in [5, 5.41) is 9.26. The highest BCUT2D eigenvalue weighted by atomic mass is 32.1. The van der Waals surface area contributed by atoms with Crippen LogP contribution in [0.2, 0.25) is 0 Å². The van der Waals surface area contributed by atoms with Crippen molar-refractivity contribution in [2.45, 2.75) is 64.5 Å². The van der Waals surface area contributed by atoms with Gasteiger partial charge in [-0.1, -0.05) is 13.3 Å². The Bertz CT molecular complexity index is 1000. The number of nitrogens with one attached hydrogen (secondary N) is 1. The fourth-order valence-electron chi connectivity index (χ4n) is 3.96. The molecule has 0 bridgehead atoms. The van der Waals surface area contributed by atoms with E-state index in [1.54, 1.807) is 11.5 Å². The number of thiophene rings is 1. The van der Waals surface area contributed by atoms with Crippen molar-refractivity contribution in [3.63, 3.8) is 0 Å². The normalized spacial score (nSPS) is 19.0. The smallest absolute Gasteiger partial charge is 0.425 e. The molecular weight excluding hydrogens is 459 g/mol. The van der Waals surface area contributed by atoms with E-state index < -0.39 is 23.1 Å². The van der Waals surface area contributed by atoms with Gasteiger partial charge in [0.15, 0.2) is 0 Å². The standard InChI is InChI=1S/C14H18N2O4.C8H9F3NS/c1-9-3-2-4-15(9)13(17)11-7-10(14(18)19)12-8-20-6-5-16(11)12;1-2-5(12)6-3-4-7(13-6)8(9,10)11/h7,9H,2-6,8H2,1H3,(H,18,19);3-5,12H,2H2,1H3/q;-1/t9-;5-/m01/s1. The minimum atomic E-state index is -4.27. The maximum absolute atomic E-state index is 12.6. The highest BCUT2D eigenvalue weighted by Gasteiger charge is 2.33. The molecule has 0 unspecified atom stereocenters. The van der Waals surface area contributed by atoms with E-state index in [9.17, 15) is 27.9 Å². The molecule has 2 aliphatic rings. The largest absolute Gasteiger partial charge is 0.670 e. The third-order valence-electron chi connectivity index (χ3n) is 5.83. The second kappa shape index (κ2) is 10.3. The van der Waals surface area contributed by atoms with E-state index in [0.29, 0.717) is 47.2 Å². The van der Waals surface area contributed by atoms with E-state index in [-0.39, 0.29) is 24.1 Å². The van der Waals surface area contributed by atoms with Gasteiger partial charge >= 0.3 is 12.1 Å². The monoisotopic (exact) mass is 486 g/mol. The molecule has 0 saturated carbocycles. The number of halogens is 3. The first-order chi connectivity index (χ1) is 15.5. The van der Waals surface area contributed by atoms with Crippen LogP contribution in [0.5, 0.6) is 0 Å². The quantitative estimate of drug-likeness (QED) is 0.608. The Balaban J connectivity index is 0.000000205. The third-order valence-corrected chi connectivity index (χ3v) is 7.07. The number of rotatable bonds is 4. The van der Waals surface area contributed by atoms with Gasteiger partial charge in [0.2, 0.25) is 0 Å². The molecule has 7 nitrogen and oxygen atoms in total. The van der Waals surface area contributed by atoms with Crippen molar-refractivity contribution in [3.05, 3.63) is 50.6 Å². The second-order valence-electron chi connectivity index (χ2n) is 8.05. The lowest BCUT2D eigenvalue weighted by Crippen LogP contribution is -2.35. The fraction of sp³-hybridized carbons (Fsp3) is 0.545. The summed E-state index contributed by atoms with van der Waals surface area (Å²) in [6, 6.07) is 3.62. The first-order valence-electron chi connectivity index (χ1n) is 10.8. The average molecular weight is 487 g/mol. The van der Waals surface area contributed by atoms with E-state index in [2.05, 4.69) is 0 Å². The zero-order chi connectivity index (χ0) is 24.3. The van der Waals surface area contributed by atoms with Crippen LogP contribution in [0.25, 0.3) is 5.73 Å². The van der Waals surface area contributed by atoms with Crippen LogP contribution < -0.4 is 0 Å². The molecule has 4 rings (SSSR count). The minimum Gasteiger partial charge on any atom is -0.670 e. The SMILES string of the molecule is CC[C@@H]([NH-])c1ccc(C(F)(F)F)s1.C[C@H]1CCCN1C(=O)c1cc(C(=O)O)c2n1CCOC2. The summed E-state index contributed by atoms with van der Waals surface area (Å²) in [5.74, 6) is -1.07. The Labute approximate surface area is 193 Å². The molecule has 1 fully saturated rings. The number of carbonyl (C=O) groups is 2. The van der Waals surface area contributed by atoms with Crippen molar-refractivity contribution in [1.82, 2.24) is 9.47 Å². The molecule has 2 atom stereocenters. The number of carboxylic acids is 1. The Morgan fingerprint density at radius 2 is 2.06 bits per heavy atom. The molecule has 0 radical (unpaired) electrons. The van der Waals surface area contributed by atoms with Gasteiger partial charge in [-0.2, -0.15) is 13.2 Å². The number of aromatic nitrogens is 1. The number of carbonyl (C=O) groups excluding carboxylic acids is 1. The molecule has 0 spiro atoms. The van der Waals surface area contributed by atoms with Crippen molar-refractivity contribution in [2.75, 3.05) is 13.2 Å². The predicted octanol–water partition coefficient (Wildman–Crippen LogP) is 5.61. The number of hydrogen-bond acceptors (Lipinski definition) is 4. The average Bonchev–Trinajstić information content (AvgIpc) is 3.50. The number of ether oxygens (including phenoxy) is 1. The molecule has 4 heterocycles. The molecule has 2 N–H and O–H groups in total. The van der Waals surface area contributed by atoms with Crippen LogP contribution in [0.1, 0.15) is 75.4 Å². The number of aromatic carboxylic acids is 1. The van der Waals surface area contributed by atoms with Crippen LogP contribution in [0.3, 0.4) is 0 Å². The van der Waals surface area contributed by atoms with Crippen molar-refractivity contribution < 1.29 is 32.6 Å². The van der Waals surface area contributed by atoms with Crippen molar-refractivity contribution in [1.29, 1.82) is 0 Å². The molecule has 2 aromatic rings. The van der Waals surface area contributed by atoms with E-state index >= 15 is 0 Å². The maximum Gasteiger partial charge on any atom is 0.425 e. The molecular formula is C22H27F3N3O4S-. The summed E-state index contributed by atoms with van der Waals surface area (Å²) in [4.78, 5) is 25.6. The number of likely N-dealkylation sites (tertiary alicyclic amines) is 1. The van der Waals surface area contributed by atoms with Gasteiger partial charge in [-0.15, -0.1) is 17.4 Å². The topological polar surface area (TPSA) is 95.6 Å². The Morgan fingerprint density at radius 3 is 2.61 bits per heavy atom. The van der Waals surface area contributed by atoms with E-state index in [1.807, 2.05) is 11.8 Å². The van der Waals surface area contributed by atoms with Crippen molar-refractivity contribution in [3.8, 4) is 0 Å². The van der Waals surface area contributed by atoms with Gasteiger partial charge in [-0.05, 0) is 42.8 Å². The molecule has 182 valence electrons. The summed E-state index contributed by atoms with van der Waals surface area (Å²) in [7, 11) is 0. The minimum absolute atomic E-state index is 0.0642. The molecule has 2 aromatic heterocycles. The van der Waals surface area contributed by atoms with Crippen molar-refractivity contribution in [2.24, 2.45) is 0 Å². The van der Waals surface area contributed by atoms with Crippen LogP contribution >= 0.6 is 11.3 Å². The number of amides is 1. The summed E-state index contributed by atoms with van der Waals surface area (Å²) in [5.41, 5.74) is 8.68. The Hall–Kier alpha value is -2.37. The van der Waals surface area contributed by atoms with Gasteiger partial charge in [0.1, 0.15) is 10.6 Å². The highest BCUT2D eigenvalue weighted by Crippen LogP contribution is 2.37. The zero-order valence-corrected chi connectivity index (χ0v) is 19.3. The predicted molar refractivity (Wildman–Crippen MR) is 117 cm³/mol. The highest BCUT2D eigenvalue weighted by molar-refractivity contribution is 7.12. The summed E-state index contributed by atoms with van der Waals surface area (Å²) in [6.07, 6.45) is -1.71. The van der Waals surface area contributed by atoms with Gasteiger partial charge in [-0.3, -0.25) is 4.79 Å². The number of carboxylic acid groups (broad SMARTS) is 1. The summed E-state index contributed by atoms with van der Waals surface area (Å²) < 4.78 is 43.5. The third kappa shape index (κ3) is 5.59. The van der Waals surface area contributed by atoms with Gasteiger partial charge in [0, 0.05) is 19.1 Å². The fourth-order valence-corrected chi connectivity index (χ4v) is 4.91. The van der Waals surface area contributed by atoms with Crippen molar-refractivity contribution >= 4 is 23.2 Å². The molecule has 0 aromatic carbocycles. The van der Waals surface area contributed by atoms with Crippen LogP contribution in [-0.2, 0) is 24.1 Å². The number of nitrogens with zero attached hydrogens (tertiary/aromatic N) is 2. The molecule has 1 amide bonds. The first-order valence-corrected chi connectivity index (χ1v) is 11.6. The van der Waals surface area contributed by atoms with E-state index in [0.717, 1.165) is 25.5 Å². The Morgan fingerprint density at radius 1 is 1.33 bits per heavy atom. The summed E-state index contributed by atoms with van der Waals surface area (Å²) >= 11 is 0.660. The van der Waals surface area contributed by atoms with Gasteiger partial charge in [-0.25, -0.2) is 4.79 Å². The number of fused-ring (bicyclic) bond motifs is 1. The Kier molecular flexibility index (Phi) is 7.86. The first kappa shape index (κ1) is 25.3. The molecule has 33 heavy (non-hydrogen) atoms. The summed E-state index contributed by atoms with van der Waals surface area (Å²) in [6.45, 7) is 5.86.